The van der Waals surface area contributed by atoms with Crippen LogP contribution in [-0.4, -0.2) is 44.3 Å². The molecule has 0 fully saturated rings. The van der Waals surface area contributed by atoms with Crippen LogP contribution in [0, 0.1) is 5.41 Å². The molecule has 0 aliphatic carbocycles. The molecule has 0 atom stereocenters. The Kier molecular flexibility index (Phi) is 8.39. The van der Waals surface area contributed by atoms with Crippen LogP contribution in [0.25, 0.3) is 16.7 Å². The highest BCUT2D eigenvalue weighted by Gasteiger charge is 2.19. The molecule has 0 radical (unpaired) electrons. The van der Waals surface area contributed by atoms with E-state index in [1.54, 1.807) is 43.2 Å². The fourth-order valence-corrected chi connectivity index (χ4v) is 6.46. The number of pyridine rings is 2. The Labute approximate surface area is 259 Å². The van der Waals surface area contributed by atoms with Crippen molar-refractivity contribution >= 4 is 50.8 Å². The number of aryl methyl sites for hydroxylation is 2. The first-order valence-corrected chi connectivity index (χ1v) is 15.4. The van der Waals surface area contributed by atoms with E-state index in [2.05, 4.69) is 15.5 Å². The fraction of sp³-hybridized carbons (Fsp3) is 0.161. The zero-order valence-electron chi connectivity index (χ0n) is 23.8. The summed E-state index contributed by atoms with van der Waals surface area (Å²) in [6, 6.07) is 22.3. The molecule has 222 valence electrons. The third-order valence-corrected chi connectivity index (χ3v) is 9.01. The second-order valence-corrected chi connectivity index (χ2v) is 11.9. The van der Waals surface area contributed by atoms with Crippen molar-refractivity contribution in [2.45, 2.75) is 23.1 Å². The molecule has 6 aromatic rings. The maximum absolute atomic E-state index is 13.6. The highest BCUT2D eigenvalue weighted by Crippen LogP contribution is 2.29. The number of hydrogen-bond donors (Lipinski definition) is 2. The van der Waals surface area contributed by atoms with Crippen molar-refractivity contribution in [2.75, 3.05) is 19.5 Å². The van der Waals surface area contributed by atoms with Gasteiger partial charge in [0.2, 0.25) is 5.13 Å². The summed E-state index contributed by atoms with van der Waals surface area (Å²) in [4.78, 5) is 31.8. The Hall–Kier alpha value is -5.01. The number of ether oxygens (including phenoxy) is 2. The van der Waals surface area contributed by atoms with E-state index in [0.29, 0.717) is 38.7 Å². The predicted molar refractivity (Wildman–Crippen MR) is 170 cm³/mol. The van der Waals surface area contributed by atoms with Crippen molar-refractivity contribution < 1.29 is 14.3 Å². The number of carbonyl (C=O) groups excluding carboxylic acids is 1. The van der Waals surface area contributed by atoms with Crippen LogP contribution in [-0.2, 0) is 18.7 Å². The molecule has 2 aromatic carbocycles. The second-order valence-electron chi connectivity index (χ2n) is 9.68. The third kappa shape index (κ3) is 5.92. The van der Waals surface area contributed by atoms with Gasteiger partial charge in [0.25, 0.3) is 11.5 Å². The van der Waals surface area contributed by atoms with E-state index in [-0.39, 0.29) is 28.5 Å². The van der Waals surface area contributed by atoms with Crippen molar-refractivity contribution in [3.63, 3.8) is 0 Å². The largest absolute Gasteiger partial charge is 0.493 e. The van der Waals surface area contributed by atoms with Gasteiger partial charge < -0.3 is 14.0 Å². The number of nitrogens with one attached hydrogen (secondary N) is 2. The lowest BCUT2D eigenvalue weighted by molar-refractivity contribution is 0.102. The molecule has 2 N–H and O–H groups in total. The van der Waals surface area contributed by atoms with Gasteiger partial charge in [0, 0.05) is 18.5 Å². The molecular weight excluding hydrogens is 599 g/mol. The van der Waals surface area contributed by atoms with Crippen molar-refractivity contribution in [2.24, 2.45) is 0 Å². The lowest BCUT2D eigenvalue weighted by atomic mass is 10.1. The lowest BCUT2D eigenvalue weighted by Crippen LogP contribution is -2.32. The van der Waals surface area contributed by atoms with Crippen LogP contribution >= 0.6 is 23.1 Å². The first kappa shape index (κ1) is 29.1. The molecule has 0 saturated heterocycles. The van der Waals surface area contributed by atoms with Gasteiger partial charge in [0.05, 0.1) is 25.2 Å². The minimum atomic E-state index is -0.565. The van der Waals surface area contributed by atoms with Gasteiger partial charge in [-0.05, 0) is 47.9 Å². The van der Waals surface area contributed by atoms with Crippen LogP contribution in [0.15, 0.2) is 88.1 Å². The first-order chi connectivity index (χ1) is 21.4. The maximum atomic E-state index is 13.6. The zero-order chi connectivity index (χ0) is 30.6. The van der Waals surface area contributed by atoms with E-state index in [0.717, 1.165) is 16.9 Å². The van der Waals surface area contributed by atoms with Gasteiger partial charge in [0.15, 0.2) is 15.8 Å². The Morgan fingerprint density at radius 1 is 0.977 bits per heavy atom. The van der Waals surface area contributed by atoms with Crippen molar-refractivity contribution in [1.29, 1.82) is 5.41 Å². The zero-order valence-corrected chi connectivity index (χ0v) is 25.4. The molecule has 4 heterocycles. The van der Waals surface area contributed by atoms with E-state index in [9.17, 15) is 9.59 Å². The number of aromatic nitrogens is 5. The summed E-state index contributed by atoms with van der Waals surface area (Å²) in [6.45, 7) is 0.278. The molecule has 0 bridgehead atoms. The van der Waals surface area contributed by atoms with Gasteiger partial charge in [-0.15, -0.1) is 10.2 Å². The lowest BCUT2D eigenvalue weighted by Gasteiger charge is -2.15. The monoisotopic (exact) mass is 625 g/mol. The quantitative estimate of drug-likeness (QED) is 0.126. The Balaban J connectivity index is 1.34. The summed E-state index contributed by atoms with van der Waals surface area (Å²) in [5.41, 5.74) is 2.44. The van der Waals surface area contributed by atoms with Crippen molar-refractivity contribution in [3.8, 4) is 11.5 Å². The van der Waals surface area contributed by atoms with Crippen LogP contribution in [0.4, 0.5) is 5.13 Å². The summed E-state index contributed by atoms with van der Waals surface area (Å²) in [6.07, 6.45) is 2.10. The number of amides is 1. The molecule has 0 unspecified atom stereocenters. The van der Waals surface area contributed by atoms with Gasteiger partial charge in [-0.3, -0.25) is 24.7 Å². The molecular formula is C31H27N7O4S2. The minimum Gasteiger partial charge on any atom is -0.493 e. The van der Waals surface area contributed by atoms with Gasteiger partial charge in [-0.1, -0.05) is 65.6 Å². The van der Waals surface area contributed by atoms with Gasteiger partial charge in [-0.2, -0.15) is 0 Å². The van der Waals surface area contributed by atoms with E-state index >= 15 is 0 Å². The second kappa shape index (κ2) is 12.7. The number of rotatable bonds is 10. The number of carbonyl (C=O) groups is 1. The summed E-state index contributed by atoms with van der Waals surface area (Å²) in [7, 11) is 3.14. The summed E-state index contributed by atoms with van der Waals surface area (Å²) >= 11 is 2.77. The number of fused-ring (bicyclic) bond motifs is 2. The Morgan fingerprint density at radius 2 is 1.77 bits per heavy atom. The first-order valence-electron chi connectivity index (χ1n) is 13.6. The highest BCUT2D eigenvalue weighted by atomic mass is 32.2. The fourth-order valence-electron chi connectivity index (χ4n) is 4.76. The van der Waals surface area contributed by atoms with E-state index < -0.39 is 5.91 Å². The smallest absolute Gasteiger partial charge is 0.267 e. The molecule has 0 spiro atoms. The molecule has 0 aliphatic rings. The number of methoxy groups -OCH3 is 2. The summed E-state index contributed by atoms with van der Waals surface area (Å²) in [5, 5.41) is 20.6. The average Bonchev–Trinajstić information content (AvgIpc) is 3.50. The van der Waals surface area contributed by atoms with E-state index in [4.69, 9.17) is 19.9 Å². The van der Waals surface area contributed by atoms with Crippen molar-refractivity contribution in [1.82, 2.24) is 24.1 Å². The molecule has 11 nitrogen and oxygen atoms in total. The van der Waals surface area contributed by atoms with Crippen LogP contribution in [0.5, 0.6) is 11.5 Å². The summed E-state index contributed by atoms with van der Waals surface area (Å²) in [5.74, 6) is 1.34. The Morgan fingerprint density at radius 3 is 2.57 bits per heavy atom. The SMILES string of the molecule is COc1ccc(CCn2c(=N)c(C(=O)Nc3nnc(SCc4ccccc4)s3)cc3c(=O)n4ccccc4nc32)cc1OC. The topological polar surface area (TPSA) is 136 Å². The van der Waals surface area contributed by atoms with Gasteiger partial charge in [0.1, 0.15) is 16.8 Å². The molecule has 0 saturated carbocycles. The van der Waals surface area contributed by atoms with Crippen LogP contribution in [0.3, 0.4) is 0 Å². The summed E-state index contributed by atoms with van der Waals surface area (Å²) < 4.78 is 14.5. The van der Waals surface area contributed by atoms with E-state index in [1.165, 1.54) is 33.6 Å². The molecule has 44 heavy (non-hydrogen) atoms. The number of anilines is 1. The number of nitrogens with zero attached hydrogens (tertiary/aromatic N) is 5. The minimum absolute atomic E-state index is 0.0216. The Bertz CT molecular complexity index is 2110. The highest BCUT2D eigenvalue weighted by molar-refractivity contribution is 8.00. The standard InChI is InChI=1S/C31H27N7O4S2/c1-41-23-12-11-19(16-24(23)42-2)13-15-38-26(32)21(17-22-27(38)33-25-10-6-7-14-37(25)29(22)40)28(39)34-30-35-36-31(44-30)43-18-20-8-4-3-5-9-20/h3-12,14,16-17,32H,13,15,18H2,1-2H3,(H,34,35,39). The average molecular weight is 626 g/mol. The molecule has 1 amide bonds. The molecule has 0 aliphatic heterocycles. The molecule has 6 rings (SSSR count). The maximum Gasteiger partial charge on any atom is 0.267 e. The number of benzene rings is 2. The normalized spacial score (nSPS) is 11.1. The van der Waals surface area contributed by atoms with E-state index in [1.807, 2.05) is 48.5 Å². The predicted octanol–water partition coefficient (Wildman–Crippen LogP) is 4.78. The van der Waals surface area contributed by atoms with Crippen molar-refractivity contribution in [3.05, 3.63) is 112 Å². The molecule has 4 aromatic heterocycles. The number of thioether (sulfide) groups is 1. The van der Waals surface area contributed by atoms with Gasteiger partial charge >= 0.3 is 0 Å². The molecule has 13 heteroatoms. The van der Waals surface area contributed by atoms with Crippen LogP contribution < -0.4 is 25.8 Å². The van der Waals surface area contributed by atoms with Gasteiger partial charge in [-0.25, -0.2) is 4.98 Å². The van der Waals surface area contributed by atoms with Crippen LogP contribution in [0.1, 0.15) is 21.5 Å². The number of hydrogen-bond acceptors (Lipinski definition) is 10. The van der Waals surface area contributed by atoms with Crippen LogP contribution in [0.2, 0.25) is 0 Å². The third-order valence-electron chi connectivity index (χ3n) is 6.97.